The fourth-order valence-corrected chi connectivity index (χ4v) is 3.86. The van der Waals surface area contributed by atoms with Gasteiger partial charge in [0.2, 0.25) is 5.91 Å². The lowest BCUT2D eigenvalue weighted by molar-refractivity contribution is -0.125. The second-order valence-corrected chi connectivity index (χ2v) is 5.33. The van der Waals surface area contributed by atoms with E-state index in [1.165, 1.54) is 12.8 Å². The summed E-state index contributed by atoms with van der Waals surface area (Å²) in [7, 11) is 0. The summed E-state index contributed by atoms with van der Waals surface area (Å²) < 4.78 is 0. The molecule has 13 heavy (non-hydrogen) atoms. The quantitative estimate of drug-likeness (QED) is 0.589. The summed E-state index contributed by atoms with van der Waals surface area (Å²) in [6, 6.07) is 0.435. The van der Waals surface area contributed by atoms with Crippen LogP contribution in [0.15, 0.2) is 0 Å². The van der Waals surface area contributed by atoms with Gasteiger partial charge in [0.05, 0.1) is 5.92 Å². The summed E-state index contributed by atoms with van der Waals surface area (Å²) in [4.78, 5) is 11.7. The van der Waals surface area contributed by atoms with E-state index in [4.69, 9.17) is 11.6 Å². The van der Waals surface area contributed by atoms with Crippen LogP contribution in [0.3, 0.4) is 0 Å². The highest BCUT2D eigenvalue weighted by atomic mass is 35.5. The van der Waals surface area contributed by atoms with Crippen molar-refractivity contribution in [1.29, 1.82) is 0 Å². The van der Waals surface area contributed by atoms with Crippen molar-refractivity contribution in [3.05, 3.63) is 0 Å². The van der Waals surface area contributed by atoms with Gasteiger partial charge in [-0.15, -0.1) is 11.6 Å². The topological polar surface area (TPSA) is 29.1 Å². The highest BCUT2D eigenvalue weighted by molar-refractivity contribution is 6.22. The molecule has 1 N–H and O–H groups in total. The Balaban J connectivity index is 1.99. The first kappa shape index (κ1) is 8.10. The SMILES string of the molecule is O=C1NC2CC3CC(C2)C(Cl)C1C3. The number of fused-ring (bicyclic) bond motifs is 1. The highest BCUT2D eigenvalue weighted by Gasteiger charge is 2.48. The Bertz CT molecular complexity index is 255. The van der Waals surface area contributed by atoms with Gasteiger partial charge in [-0.25, -0.2) is 0 Å². The van der Waals surface area contributed by atoms with Crippen molar-refractivity contribution in [2.45, 2.75) is 37.1 Å². The monoisotopic (exact) mass is 199 g/mol. The molecule has 2 heterocycles. The number of hydrogen-bond donors (Lipinski definition) is 1. The maximum absolute atomic E-state index is 11.7. The fourth-order valence-electron chi connectivity index (χ4n) is 3.43. The molecule has 2 saturated carbocycles. The van der Waals surface area contributed by atoms with E-state index in [9.17, 15) is 4.79 Å². The number of carbonyl (C=O) groups excluding carboxylic acids is 1. The average Bonchev–Trinajstić information content (AvgIpc) is 2.24. The molecule has 2 saturated heterocycles. The lowest BCUT2D eigenvalue weighted by atomic mass is 9.68. The summed E-state index contributed by atoms with van der Waals surface area (Å²) in [5.74, 6) is 1.69. The summed E-state index contributed by atoms with van der Waals surface area (Å²) in [6.07, 6.45) is 4.61. The third-order valence-corrected chi connectivity index (χ3v) is 4.61. The molecule has 72 valence electrons. The van der Waals surface area contributed by atoms with Crippen molar-refractivity contribution >= 4 is 17.5 Å². The summed E-state index contributed by atoms with van der Waals surface area (Å²) in [5, 5.41) is 3.22. The predicted molar refractivity (Wildman–Crippen MR) is 50.5 cm³/mol. The van der Waals surface area contributed by atoms with Crippen LogP contribution in [0.5, 0.6) is 0 Å². The molecular weight excluding hydrogens is 186 g/mol. The summed E-state index contributed by atoms with van der Waals surface area (Å²) in [6.45, 7) is 0. The van der Waals surface area contributed by atoms with Gasteiger partial charge in [-0.2, -0.15) is 0 Å². The van der Waals surface area contributed by atoms with Crippen LogP contribution in [0, 0.1) is 17.8 Å². The molecule has 4 fully saturated rings. The van der Waals surface area contributed by atoms with E-state index in [1.807, 2.05) is 0 Å². The van der Waals surface area contributed by atoms with Gasteiger partial charge in [0.15, 0.2) is 0 Å². The first-order valence-corrected chi connectivity index (χ1v) is 5.62. The molecule has 0 radical (unpaired) electrons. The molecule has 0 aromatic rings. The second kappa shape index (κ2) is 2.63. The molecule has 0 aromatic heterocycles. The minimum absolute atomic E-state index is 0.109. The Morgan fingerprint density at radius 3 is 2.92 bits per heavy atom. The van der Waals surface area contributed by atoms with Crippen LogP contribution >= 0.6 is 11.6 Å². The lowest BCUT2D eigenvalue weighted by Gasteiger charge is -2.40. The summed E-state index contributed by atoms with van der Waals surface area (Å²) >= 11 is 6.31. The third kappa shape index (κ3) is 1.11. The Morgan fingerprint density at radius 2 is 2.08 bits per heavy atom. The number of amides is 1. The van der Waals surface area contributed by atoms with E-state index in [2.05, 4.69) is 5.32 Å². The molecule has 4 bridgehead atoms. The molecule has 0 spiro atoms. The zero-order valence-corrected chi connectivity index (χ0v) is 8.26. The second-order valence-electron chi connectivity index (χ2n) is 4.83. The predicted octanol–water partition coefficient (Wildman–Crippen LogP) is 1.53. The molecule has 2 aliphatic heterocycles. The maximum Gasteiger partial charge on any atom is 0.224 e. The van der Waals surface area contributed by atoms with Crippen LogP contribution in [0.2, 0.25) is 0 Å². The van der Waals surface area contributed by atoms with Crippen LogP contribution < -0.4 is 5.32 Å². The third-order valence-electron chi connectivity index (χ3n) is 3.95. The molecule has 2 nitrogen and oxygen atoms in total. The Labute approximate surface area is 83.0 Å². The highest BCUT2D eigenvalue weighted by Crippen LogP contribution is 2.47. The van der Waals surface area contributed by atoms with Crippen LogP contribution in [0.25, 0.3) is 0 Å². The van der Waals surface area contributed by atoms with Gasteiger partial charge in [-0.3, -0.25) is 4.79 Å². The molecule has 0 aromatic carbocycles. The molecule has 1 amide bonds. The van der Waals surface area contributed by atoms with Gasteiger partial charge < -0.3 is 5.32 Å². The van der Waals surface area contributed by atoms with E-state index in [0.29, 0.717) is 12.0 Å². The molecule has 5 unspecified atom stereocenters. The minimum Gasteiger partial charge on any atom is -0.353 e. The van der Waals surface area contributed by atoms with Gasteiger partial charge in [0.1, 0.15) is 0 Å². The van der Waals surface area contributed by atoms with Gasteiger partial charge in [-0.1, -0.05) is 0 Å². The number of halogens is 1. The van der Waals surface area contributed by atoms with Crippen molar-refractivity contribution in [1.82, 2.24) is 5.32 Å². The van der Waals surface area contributed by atoms with Gasteiger partial charge >= 0.3 is 0 Å². The number of rotatable bonds is 0. The van der Waals surface area contributed by atoms with E-state index in [-0.39, 0.29) is 17.2 Å². The van der Waals surface area contributed by atoms with Crippen molar-refractivity contribution in [3.8, 4) is 0 Å². The van der Waals surface area contributed by atoms with Crippen molar-refractivity contribution in [3.63, 3.8) is 0 Å². The van der Waals surface area contributed by atoms with Crippen LogP contribution in [0.1, 0.15) is 25.7 Å². The Hall–Kier alpha value is -0.240. The smallest absolute Gasteiger partial charge is 0.224 e. The molecule has 5 atom stereocenters. The number of alkyl halides is 1. The van der Waals surface area contributed by atoms with Crippen LogP contribution in [0.4, 0.5) is 0 Å². The number of nitrogens with one attached hydrogen (secondary N) is 1. The van der Waals surface area contributed by atoms with Crippen LogP contribution in [-0.4, -0.2) is 17.3 Å². The average molecular weight is 200 g/mol. The number of hydrogen-bond acceptors (Lipinski definition) is 1. The summed E-state index contributed by atoms with van der Waals surface area (Å²) in [5.41, 5.74) is 0. The standard InChI is InChI=1S/C10H14ClNO/c11-9-6-1-5-2-7(4-6)12-10(13)8(9)3-5/h5-9H,1-4H2,(H,12,13). The van der Waals surface area contributed by atoms with Gasteiger partial charge in [0, 0.05) is 11.4 Å². The molecular formula is C10H14ClNO. The Kier molecular flexibility index (Phi) is 1.64. The largest absolute Gasteiger partial charge is 0.353 e. The molecule has 4 aliphatic rings. The van der Waals surface area contributed by atoms with Crippen LogP contribution in [-0.2, 0) is 4.79 Å². The molecule has 2 aliphatic carbocycles. The zero-order chi connectivity index (χ0) is 9.00. The first-order chi connectivity index (χ1) is 6.24. The van der Waals surface area contributed by atoms with E-state index < -0.39 is 0 Å². The molecule has 3 heteroatoms. The van der Waals surface area contributed by atoms with E-state index in [1.54, 1.807) is 0 Å². The lowest BCUT2D eigenvalue weighted by Crippen LogP contribution is -2.38. The van der Waals surface area contributed by atoms with Crippen molar-refractivity contribution < 1.29 is 4.79 Å². The zero-order valence-electron chi connectivity index (χ0n) is 7.50. The number of carbonyl (C=O) groups is 1. The molecule has 4 rings (SSSR count). The van der Waals surface area contributed by atoms with Crippen molar-refractivity contribution in [2.75, 3.05) is 0 Å². The van der Waals surface area contributed by atoms with Crippen molar-refractivity contribution in [2.24, 2.45) is 17.8 Å². The fraction of sp³-hybridized carbons (Fsp3) is 0.900. The Morgan fingerprint density at radius 1 is 1.23 bits per heavy atom. The van der Waals surface area contributed by atoms with E-state index in [0.717, 1.165) is 18.8 Å². The van der Waals surface area contributed by atoms with Gasteiger partial charge in [-0.05, 0) is 37.5 Å². The maximum atomic E-state index is 11.7. The first-order valence-electron chi connectivity index (χ1n) is 5.18. The minimum atomic E-state index is 0.109. The normalized spacial score (nSPS) is 53.3. The van der Waals surface area contributed by atoms with Gasteiger partial charge in [0.25, 0.3) is 0 Å². The van der Waals surface area contributed by atoms with E-state index >= 15 is 0 Å².